The lowest BCUT2D eigenvalue weighted by atomic mass is 10.4. The zero-order valence-corrected chi connectivity index (χ0v) is 9.37. The lowest BCUT2D eigenvalue weighted by Gasteiger charge is -2.23. The smallest absolute Gasteiger partial charge is 0.260 e. The zero-order valence-electron chi connectivity index (χ0n) is 8.56. The van der Waals surface area contributed by atoms with E-state index in [-0.39, 0.29) is 11.1 Å². The molecule has 0 radical (unpaired) electrons. The number of hydrogen-bond donors (Lipinski definition) is 1. The van der Waals surface area contributed by atoms with Crippen molar-refractivity contribution in [2.75, 3.05) is 6.54 Å². The van der Waals surface area contributed by atoms with Gasteiger partial charge in [0.25, 0.3) is 10.0 Å². The molecule has 5 nitrogen and oxygen atoms in total. The Morgan fingerprint density at radius 1 is 1.57 bits per heavy atom. The Morgan fingerprint density at radius 3 is 2.57 bits per heavy atom. The van der Waals surface area contributed by atoms with Crippen LogP contribution in [-0.2, 0) is 10.0 Å². The van der Waals surface area contributed by atoms with Crippen molar-refractivity contribution in [2.24, 2.45) is 0 Å². The van der Waals surface area contributed by atoms with Gasteiger partial charge < -0.3 is 0 Å². The molecule has 0 bridgehead atoms. The summed E-state index contributed by atoms with van der Waals surface area (Å²) in [4.78, 5) is 0. The molecule has 0 aromatic carbocycles. The molecule has 0 aliphatic carbocycles. The quantitative estimate of drug-likeness (QED) is 0.812. The van der Waals surface area contributed by atoms with Crippen molar-refractivity contribution in [1.82, 2.24) is 14.5 Å². The van der Waals surface area contributed by atoms with Gasteiger partial charge in [-0.2, -0.15) is 9.40 Å². The average Bonchev–Trinajstić information content (AvgIpc) is 2.55. The second-order valence-corrected chi connectivity index (χ2v) is 5.08. The van der Waals surface area contributed by atoms with Crippen LogP contribution in [0.1, 0.15) is 20.8 Å². The Labute approximate surface area is 84.2 Å². The van der Waals surface area contributed by atoms with Crippen LogP contribution in [0, 0.1) is 0 Å². The van der Waals surface area contributed by atoms with Crippen LogP contribution < -0.4 is 0 Å². The number of sulfonamides is 1. The summed E-state index contributed by atoms with van der Waals surface area (Å²) in [5.74, 6) is 0. The molecule has 1 aromatic heterocycles. The molecule has 0 amide bonds. The van der Waals surface area contributed by atoms with Gasteiger partial charge in [0.15, 0.2) is 5.03 Å². The number of rotatable bonds is 4. The van der Waals surface area contributed by atoms with E-state index in [0.29, 0.717) is 6.54 Å². The Morgan fingerprint density at radius 2 is 2.21 bits per heavy atom. The van der Waals surface area contributed by atoms with Crippen LogP contribution >= 0.6 is 0 Å². The molecular formula is C8H15N3O2S. The Kier molecular flexibility index (Phi) is 3.28. The van der Waals surface area contributed by atoms with Crippen molar-refractivity contribution in [1.29, 1.82) is 0 Å². The lowest BCUT2D eigenvalue weighted by molar-refractivity contribution is 0.367. The molecule has 0 fully saturated rings. The molecule has 6 heteroatoms. The highest BCUT2D eigenvalue weighted by Gasteiger charge is 2.26. The van der Waals surface area contributed by atoms with E-state index < -0.39 is 10.0 Å². The molecular weight excluding hydrogens is 202 g/mol. The summed E-state index contributed by atoms with van der Waals surface area (Å²) in [5.41, 5.74) is 0. The first kappa shape index (κ1) is 11.2. The Bertz CT molecular complexity index is 369. The molecule has 0 aliphatic rings. The van der Waals surface area contributed by atoms with E-state index in [1.165, 1.54) is 16.6 Å². The Balaban J connectivity index is 3.07. The molecule has 0 atom stereocenters. The highest BCUT2D eigenvalue weighted by molar-refractivity contribution is 7.89. The predicted octanol–water partition coefficient (Wildman–Crippen LogP) is 0.829. The van der Waals surface area contributed by atoms with E-state index in [2.05, 4.69) is 10.2 Å². The van der Waals surface area contributed by atoms with Crippen molar-refractivity contribution in [3.05, 3.63) is 12.3 Å². The molecule has 1 heterocycles. The van der Waals surface area contributed by atoms with Gasteiger partial charge in [0.05, 0.1) is 6.20 Å². The summed E-state index contributed by atoms with van der Waals surface area (Å²) >= 11 is 0. The molecule has 1 rings (SSSR count). The number of aromatic nitrogens is 2. The van der Waals surface area contributed by atoms with Crippen molar-refractivity contribution in [2.45, 2.75) is 31.8 Å². The van der Waals surface area contributed by atoms with Crippen molar-refractivity contribution < 1.29 is 8.42 Å². The minimum atomic E-state index is -3.39. The van der Waals surface area contributed by atoms with Gasteiger partial charge in [0.2, 0.25) is 0 Å². The van der Waals surface area contributed by atoms with Crippen LogP contribution in [0.15, 0.2) is 17.3 Å². The maximum absolute atomic E-state index is 11.9. The van der Waals surface area contributed by atoms with Gasteiger partial charge in [-0.3, -0.25) is 5.10 Å². The van der Waals surface area contributed by atoms with Crippen LogP contribution in [-0.4, -0.2) is 35.5 Å². The lowest BCUT2D eigenvalue weighted by Crippen LogP contribution is -2.36. The van der Waals surface area contributed by atoms with Crippen LogP contribution in [0.2, 0.25) is 0 Å². The maximum atomic E-state index is 11.9. The van der Waals surface area contributed by atoms with Gasteiger partial charge in [-0.25, -0.2) is 8.42 Å². The normalized spacial score (nSPS) is 12.6. The van der Waals surface area contributed by atoms with Gasteiger partial charge in [0.1, 0.15) is 0 Å². The highest BCUT2D eigenvalue weighted by atomic mass is 32.2. The predicted molar refractivity (Wildman–Crippen MR) is 53.3 cm³/mol. The fourth-order valence-corrected chi connectivity index (χ4v) is 2.87. The second-order valence-electron chi connectivity index (χ2n) is 3.22. The van der Waals surface area contributed by atoms with Crippen molar-refractivity contribution in [3.8, 4) is 0 Å². The van der Waals surface area contributed by atoms with E-state index in [1.807, 2.05) is 20.8 Å². The third kappa shape index (κ3) is 1.96. The highest BCUT2D eigenvalue weighted by Crippen LogP contribution is 2.14. The van der Waals surface area contributed by atoms with Crippen molar-refractivity contribution >= 4 is 10.0 Å². The first-order valence-electron chi connectivity index (χ1n) is 4.51. The summed E-state index contributed by atoms with van der Waals surface area (Å²) in [6.07, 6.45) is 1.43. The van der Waals surface area contributed by atoms with Gasteiger partial charge in [-0.05, 0) is 19.9 Å². The molecule has 0 unspecified atom stereocenters. The fourth-order valence-electron chi connectivity index (χ4n) is 1.33. The van der Waals surface area contributed by atoms with Gasteiger partial charge >= 0.3 is 0 Å². The summed E-state index contributed by atoms with van der Waals surface area (Å²) in [5, 5.41) is 6.25. The molecule has 80 valence electrons. The summed E-state index contributed by atoms with van der Waals surface area (Å²) in [7, 11) is -3.39. The number of nitrogens with one attached hydrogen (secondary N) is 1. The molecule has 1 N–H and O–H groups in total. The SMILES string of the molecule is CCN(C(C)C)S(=O)(=O)c1ccn[nH]1. The molecule has 0 aliphatic heterocycles. The van der Waals surface area contributed by atoms with Gasteiger partial charge in [-0.1, -0.05) is 6.92 Å². The molecule has 1 aromatic rings. The Hall–Kier alpha value is -0.880. The fraction of sp³-hybridized carbons (Fsp3) is 0.625. The summed E-state index contributed by atoms with van der Waals surface area (Å²) in [6.45, 7) is 5.96. The monoisotopic (exact) mass is 217 g/mol. The topological polar surface area (TPSA) is 66.1 Å². The molecule has 0 saturated carbocycles. The van der Waals surface area contributed by atoms with Crippen LogP contribution in [0.25, 0.3) is 0 Å². The first-order valence-corrected chi connectivity index (χ1v) is 5.95. The zero-order chi connectivity index (χ0) is 10.8. The minimum absolute atomic E-state index is 0.0479. The summed E-state index contributed by atoms with van der Waals surface area (Å²) in [6, 6.07) is 1.41. The largest absolute Gasteiger partial charge is 0.266 e. The van der Waals surface area contributed by atoms with Gasteiger partial charge in [0, 0.05) is 12.6 Å². The van der Waals surface area contributed by atoms with Crippen LogP contribution in [0.3, 0.4) is 0 Å². The van der Waals surface area contributed by atoms with E-state index in [0.717, 1.165) is 0 Å². The van der Waals surface area contributed by atoms with Gasteiger partial charge in [-0.15, -0.1) is 0 Å². The minimum Gasteiger partial charge on any atom is -0.266 e. The third-order valence-electron chi connectivity index (χ3n) is 1.95. The van der Waals surface area contributed by atoms with E-state index >= 15 is 0 Å². The number of H-pyrrole nitrogens is 1. The van der Waals surface area contributed by atoms with E-state index in [1.54, 1.807) is 0 Å². The summed E-state index contributed by atoms with van der Waals surface area (Å²) < 4.78 is 25.3. The average molecular weight is 217 g/mol. The molecule has 14 heavy (non-hydrogen) atoms. The second kappa shape index (κ2) is 4.10. The van der Waals surface area contributed by atoms with Crippen LogP contribution in [0.4, 0.5) is 0 Å². The van der Waals surface area contributed by atoms with E-state index in [4.69, 9.17) is 0 Å². The van der Waals surface area contributed by atoms with Crippen molar-refractivity contribution in [3.63, 3.8) is 0 Å². The third-order valence-corrected chi connectivity index (χ3v) is 4.03. The molecule has 0 spiro atoms. The maximum Gasteiger partial charge on any atom is 0.260 e. The van der Waals surface area contributed by atoms with Crippen LogP contribution in [0.5, 0.6) is 0 Å². The number of nitrogens with zero attached hydrogens (tertiary/aromatic N) is 2. The first-order chi connectivity index (χ1) is 6.50. The van der Waals surface area contributed by atoms with E-state index in [9.17, 15) is 8.42 Å². The standard InChI is InChI=1S/C8H15N3O2S/c1-4-11(7(2)3)14(12,13)8-5-6-9-10-8/h5-7H,4H2,1-3H3,(H,9,10). The molecule has 0 saturated heterocycles. The number of hydrogen-bond acceptors (Lipinski definition) is 3. The number of aromatic amines is 1.